The summed E-state index contributed by atoms with van der Waals surface area (Å²) in [6.07, 6.45) is 2.42. The molecule has 4 nitrogen and oxygen atoms in total. The number of pyridine rings is 1. The molecule has 0 aromatic carbocycles. The Labute approximate surface area is 105 Å². The molecule has 0 bridgehead atoms. The molecule has 0 aliphatic heterocycles. The summed E-state index contributed by atoms with van der Waals surface area (Å²) in [5, 5.41) is 0.416. The van der Waals surface area contributed by atoms with Gasteiger partial charge in [0.2, 0.25) is 0 Å². The van der Waals surface area contributed by atoms with Crippen molar-refractivity contribution in [3.05, 3.63) is 35.4 Å². The predicted molar refractivity (Wildman–Crippen MR) is 66.2 cm³/mol. The third kappa shape index (κ3) is 2.53. The molecule has 0 radical (unpaired) electrons. The first-order chi connectivity index (χ1) is 8.24. The number of hydrogen-bond donors (Lipinski definition) is 0. The third-order valence-electron chi connectivity index (χ3n) is 2.29. The fourth-order valence-electron chi connectivity index (χ4n) is 1.49. The third-order valence-corrected chi connectivity index (χ3v) is 2.48. The molecule has 0 N–H and O–H groups in total. The number of rotatable bonds is 3. The second kappa shape index (κ2) is 5.10. The van der Waals surface area contributed by atoms with Crippen molar-refractivity contribution >= 4 is 11.6 Å². The number of ether oxygens (including phenoxy) is 1. The van der Waals surface area contributed by atoms with E-state index >= 15 is 0 Å². The first-order valence-corrected chi connectivity index (χ1v) is 5.65. The van der Waals surface area contributed by atoms with Crippen LogP contribution in [0.5, 0.6) is 5.75 Å². The van der Waals surface area contributed by atoms with Gasteiger partial charge in [-0.05, 0) is 12.1 Å². The van der Waals surface area contributed by atoms with Gasteiger partial charge in [-0.25, -0.2) is 9.97 Å². The van der Waals surface area contributed by atoms with Gasteiger partial charge in [-0.1, -0.05) is 18.5 Å². The second-order valence-corrected chi connectivity index (χ2v) is 3.79. The van der Waals surface area contributed by atoms with Crippen molar-refractivity contribution in [3.8, 4) is 17.1 Å². The minimum atomic E-state index is 0.416. The molecule has 2 heterocycles. The Hall–Kier alpha value is -1.68. The van der Waals surface area contributed by atoms with Gasteiger partial charge in [0, 0.05) is 18.7 Å². The van der Waals surface area contributed by atoms with Gasteiger partial charge in [0.25, 0.3) is 0 Å². The van der Waals surface area contributed by atoms with Crippen LogP contribution in [0.4, 0.5) is 0 Å². The van der Waals surface area contributed by atoms with E-state index < -0.39 is 0 Å². The number of methoxy groups -OCH3 is 1. The van der Waals surface area contributed by atoms with Crippen LogP contribution < -0.4 is 4.74 Å². The molecule has 0 aliphatic carbocycles. The maximum absolute atomic E-state index is 5.95. The van der Waals surface area contributed by atoms with E-state index in [0.29, 0.717) is 28.1 Å². The van der Waals surface area contributed by atoms with Crippen LogP contribution in [-0.2, 0) is 6.42 Å². The lowest BCUT2D eigenvalue weighted by atomic mass is 10.2. The van der Waals surface area contributed by atoms with Crippen molar-refractivity contribution in [2.75, 3.05) is 7.11 Å². The lowest BCUT2D eigenvalue weighted by molar-refractivity contribution is 0.414. The maximum atomic E-state index is 5.95. The molecule has 5 heteroatoms. The van der Waals surface area contributed by atoms with E-state index in [-0.39, 0.29) is 0 Å². The van der Waals surface area contributed by atoms with E-state index in [2.05, 4.69) is 15.0 Å². The van der Waals surface area contributed by atoms with E-state index in [9.17, 15) is 0 Å². The highest BCUT2D eigenvalue weighted by Gasteiger charge is 2.10. The van der Waals surface area contributed by atoms with Crippen LogP contribution in [0.1, 0.15) is 12.7 Å². The normalized spacial score (nSPS) is 10.3. The highest BCUT2D eigenvalue weighted by atomic mass is 35.5. The largest absolute Gasteiger partial charge is 0.494 e. The molecule has 2 rings (SSSR count). The van der Waals surface area contributed by atoms with Crippen LogP contribution in [0.2, 0.25) is 5.15 Å². The van der Waals surface area contributed by atoms with Gasteiger partial charge in [0.05, 0.1) is 12.8 Å². The Balaban J connectivity index is 2.55. The van der Waals surface area contributed by atoms with Crippen LogP contribution in [0.15, 0.2) is 24.4 Å². The van der Waals surface area contributed by atoms with Gasteiger partial charge in [-0.2, -0.15) is 0 Å². The zero-order valence-electron chi connectivity index (χ0n) is 9.64. The number of nitrogens with zero attached hydrogens (tertiary/aromatic N) is 3. The molecule has 17 heavy (non-hydrogen) atoms. The van der Waals surface area contributed by atoms with Crippen molar-refractivity contribution in [1.29, 1.82) is 0 Å². The minimum Gasteiger partial charge on any atom is -0.494 e. The topological polar surface area (TPSA) is 47.9 Å². The molecule has 0 spiro atoms. The summed E-state index contributed by atoms with van der Waals surface area (Å²) in [4.78, 5) is 12.8. The highest BCUT2D eigenvalue weighted by Crippen LogP contribution is 2.26. The Morgan fingerprint density at radius 2 is 2.18 bits per heavy atom. The van der Waals surface area contributed by atoms with Gasteiger partial charge < -0.3 is 4.74 Å². The standard InChI is InChI=1S/C12H12ClN3O/c1-3-11-15-8(7-10(13)16-11)12-9(17-2)5-4-6-14-12/h4-7H,3H2,1-2H3. The Kier molecular flexibility index (Phi) is 3.54. The Morgan fingerprint density at radius 1 is 1.35 bits per heavy atom. The molecule has 0 fully saturated rings. The highest BCUT2D eigenvalue weighted by molar-refractivity contribution is 6.29. The number of hydrogen-bond acceptors (Lipinski definition) is 4. The lowest BCUT2D eigenvalue weighted by Crippen LogP contribution is -1.98. The van der Waals surface area contributed by atoms with E-state index in [1.807, 2.05) is 19.1 Å². The number of aromatic nitrogens is 3. The zero-order chi connectivity index (χ0) is 12.3. The minimum absolute atomic E-state index is 0.416. The smallest absolute Gasteiger partial charge is 0.146 e. The van der Waals surface area contributed by atoms with Gasteiger partial charge in [-0.3, -0.25) is 4.98 Å². The molecule has 0 aliphatic rings. The fourth-order valence-corrected chi connectivity index (χ4v) is 1.69. The Bertz CT molecular complexity index is 531. The first-order valence-electron chi connectivity index (χ1n) is 5.27. The van der Waals surface area contributed by atoms with E-state index in [0.717, 1.165) is 6.42 Å². The van der Waals surface area contributed by atoms with Gasteiger partial charge >= 0.3 is 0 Å². The summed E-state index contributed by atoms with van der Waals surface area (Å²) in [5.41, 5.74) is 1.35. The molecule has 88 valence electrons. The van der Waals surface area contributed by atoms with E-state index in [4.69, 9.17) is 16.3 Å². The van der Waals surface area contributed by atoms with E-state index in [1.54, 1.807) is 19.4 Å². The quantitative estimate of drug-likeness (QED) is 0.785. The van der Waals surface area contributed by atoms with Gasteiger partial charge in [-0.15, -0.1) is 0 Å². The predicted octanol–water partition coefficient (Wildman–Crippen LogP) is 2.76. The summed E-state index contributed by atoms with van der Waals surface area (Å²) in [7, 11) is 1.60. The molecular formula is C12H12ClN3O. The van der Waals surface area contributed by atoms with Crippen molar-refractivity contribution in [2.24, 2.45) is 0 Å². The summed E-state index contributed by atoms with van der Waals surface area (Å²) in [6, 6.07) is 5.33. The average Bonchev–Trinajstić information content (AvgIpc) is 2.37. The molecule has 2 aromatic rings. The summed E-state index contributed by atoms with van der Waals surface area (Å²) >= 11 is 5.95. The summed E-state index contributed by atoms with van der Waals surface area (Å²) < 4.78 is 5.25. The van der Waals surface area contributed by atoms with Crippen molar-refractivity contribution in [1.82, 2.24) is 15.0 Å². The van der Waals surface area contributed by atoms with Crippen LogP contribution in [-0.4, -0.2) is 22.1 Å². The molecule has 0 saturated heterocycles. The lowest BCUT2D eigenvalue weighted by Gasteiger charge is -2.07. The number of aryl methyl sites for hydroxylation is 1. The summed E-state index contributed by atoms with van der Waals surface area (Å²) in [6.45, 7) is 1.98. The van der Waals surface area contributed by atoms with Crippen molar-refractivity contribution < 1.29 is 4.74 Å². The molecule has 0 amide bonds. The van der Waals surface area contributed by atoms with Crippen molar-refractivity contribution in [3.63, 3.8) is 0 Å². The second-order valence-electron chi connectivity index (χ2n) is 3.40. The van der Waals surface area contributed by atoms with Crippen LogP contribution in [0, 0.1) is 0 Å². The molecular weight excluding hydrogens is 238 g/mol. The number of halogens is 1. The van der Waals surface area contributed by atoms with Crippen LogP contribution in [0.25, 0.3) is 11.4 Å². The van der Waals surface area contributed by atoms with Crippen LogP contribution in [0.3, 0.4) is 0 Å². The van der Waals surface area contributed by atoms with Gasteiger partial charge in [0.15, 0.2) is 0 Å². The monoisotopic (exact) mass is 249 g/mol. The molecule has 0 unspecified atom stereocenters. The molecule has 2 aromatic heterocycles. The molecule has 0 saturated carbocycles. The molecule has 0 atom stereocenters. The fraction of sp³-hybridized carbons (Fsp3) is 0.250. The van der Waals surface area contributed by atoms with E-state index in [1.165, 1.54) is 0 Å². The summed E-state index contributed by atoms with van der Waals surface area (Å²) in [5.74, 6) is 1.37. The van der Waals surface area contributed by atoms with Crippen LogP contribution >= 0.6 is 11.6 Å². The average molecular weight is 250 g/mol. The van der Waals surface area contributed by atoms with Gasteiger partial charge in [0.1, 0.15) is 22.4 Å². The Morgan fingerprint density at radius 3 is 2.88 bits per heavy atom. The zero-order valence-corrected chi connectivity index (χ0v) is 10.4. The maximum Gasteiger partial charge on any atom is 0.146 e. The SMILES string of the molecule is CCc1nc(Cl)cc(-c2ncccc2OC)n1. The van der Waals surface area contributed by atoms with Crippen molar-refractivity contribution in [2.45, 2.75) is 13.3 Å². The first kappa shape index (κ1) is 11.8.